The van der Waals surface area contributed by atoms with Crippen molar-refractivity contribution in [1.82, 2.24) is 10.2 Å². The number of imide groups is 1. The third kappa shape index (κ3) is 3.18. The van der Waals surface area contributed by atoms with Crippen molar-refractivity contribution in [2.75, 3.05) is 13.1 Å². The van der Waals surface area contributed by atoms with Crippen LogP contribution in [0.2, 0.25) is 0 Å². The summed E-state index contributed by atoms with van der Waals surface area (Å²) >= 11 is 0. The highest BCUT2D eigenvalue weighted by atomic mass is 16.2. The van der Waals surface area contributed by atoms with Gasteiger partial charge in [-0.1, -0.05) is 27.7 Å². The van der Waals surface area contributed by atoms with Gasteiger partial charge in [0, 0.05) is 18.7 Å². The Morgan fingerprint density at radius 3 is 2.27 bits per heavy atom. The number of carbonyl (C=O) groups excluding carboxylic acids is 3. The molecule has 118 valence electrons. The van der Waals surface area contributed by atoms with E-state index in [0.29, 0.717) is 35.7 Å². The Bertz CT molecular complexity index is 620. The molecule has 0 radical (unpaired) electrons. The first-order valence-electron chi connectivity index (χ1n) is 7.59. The fourth-order valence-corrected chi connectivity index (χ4v) is 2.36. The number of amides is 3. The third-order valence-corrected chi connectivity index (χ3v) is 3.45. The highest BCUT2D eigenvalue weighted by Crippen LogP contribution is 2.24. The molecule has 2 rings (SSSR count). The number of nitrogens with zero attached hydrogens (tertiary/aromatic N) is 1. The molecule has 1 aromatic rings. The molecule has 0 spiro atoms. The average molecular weight is 302 g/mol. The molecule has 0 saturated heterocycles. The predicted molar refractivity (Wildman–Crippen MR) is 83.8 cm³/mol. The van der Waals surface area contributed by atoms with Gasteiger partial charge in [0.15, 0.2) is 0 Å². The van der Waals surface area contributed by atoms with Crippen LogP contribution in [0.3, 0.4) is 0 Å². The van der Waals surface area contributed by atoms with Crippen LogP contribution in [0.15, 0.2) is 18.2 Å². The van der Waals surface area contributed by atoms with Gasteiger partial charge in [-0.25, -0.2) is 0 Å². The van der Waals surface area contributed by atoms with Crippen molar-refractivity contribution in [2.24, 2.45) is 11.8 Å². The first-order chi connectivity index (χ1) is 10.3. The van der Waals surface area contributed by atoms with Crippen LogP contribution >= 0.6 is 0 Å². The Labute approximate surface area is 130 Å². The Morgan fingerprint density at radius 1 is 1.05 bits per heavy atom. The normalized spacial score (nSPS) is 14.0. The lowest BCUT2D eigenvalue weighted by Gasteiger charge is -2.15. The first-order valence-corrected chi connectivity index (χ1v) is 7.59. The first kappa shape index (κ1) is 16.2. The second kappa shape index (κ2) is 6.30. The van der Waals surface area contributed by atoms with Crippen molar-refractivity contribution in [2.45, 2.75) is 27.7 Å². The number of fused-ring (bicyclic) bond motifs is 1. The summed E-state index contributed by atoms with van der Waals surface area (Å²) in [5.74, 6) is -0.256. The molecular formula is C17H22N2O3. The highest BCUT2D eigenvalue weighted by molar-refractivity contribution is 6.22. The number of hydrogen-bond acceptors (Lipinski definition) is 3. The highest BCUT2D eigenvalue weighted by Gasteiger charge is 2.36. The second-order valence-corrected chi connectivity index (χ2v) is 6.48. The van der Waals surface area contributed by atoms with Gasteiger partial charge in [-0.15, -0.1) is 0 Å². The summed E-state index contributed by atoms with van der Waals surface area (Å²) in [6.07, 6.45) is 0. The maximum atomic E-state index is 12.4. The molecule has 22 heavy (non-hydrogen) atoms. The second-order valence-electron chi connectivity index (χ2n) is 6.48. The molecule has 5 heteroatoms. The van der Waals surface area contributed by atoms with E-state index < -0.39 is 0 Å². The lowest BCUT2D eigenvalue weighted by molar-refractivity contribution is 0.0636. The number of hydrogen-bond donors (Lipinski definition) is 1. The van der Waals surface area contributed by atoms with Crippen LogP contribution in [-0.4, -0.2) is 35.7 Å². The monoisotopic (exact) mass is 302 g/mol. The number of carbonyl (C=O) groups is 3. The van der Waals surface area contributed by atoms with E-state index >= 15 is 0 Å². The number of benzene rings is 1. The Morgan fingerprint density at radius 2 is 1.68 bits per heavy atom. The van der Waals surface area contributed by atoms with E-state index in [-0.39, 0.29) is 23.6 Å². The summed E-state index contributed by atoms with van der Waals surface area (Å²) in [5, 5.41) is 2.81. The molecule has 0 atom stereocenters. The van der Waals surface area contributed by atoms with Crippen LogP contribution in [0.25, 0.3) is 0 Å². The molecule has 0 aromatic heterocycles. The van der Waals surface area contributed by atoms with Crippen LogP contribution < -0.4 is 5.32 Å². The molecule has 0 saturated carbocycles. The smallest absolute Gasteiger partial charge is 0.261 e. The van der Waals surface area contributed by atoms with Gasteiger partial charge >= 0.3 is 0 Å². The van der Waals surface area contributed by atoms with Gasteiger partial charge in [-0.05, 0) is 30.0 Å². The lowest BCUT2D eigenvalue weighted by atomic mass is 10.1. The summed E-state index contributed by atoms with van der Waals surface area (Å²) in [6.45, 7) is 8.89. The minimum absolute atomic E-state index is 0.205. The van der Waals surface area contributed by atoms with E-state index in [1.165, 1.54) is 11.0 Å². The largest absolute Gasteiger partial charge is 0.352 e. The molecule has 1 N–H and O–H groups in total. The molecule has 1 aliphatic heterocycles. The Hall–Kier alpha value is -2.17. The van der Waals surface area contributed by atoms with Gasteiger partial charge in [0.1, 0.15) is 0 Å². The van der Waals surface area contributed by atoms with Crippen molar-refractivity contribution in [1.29, 1.82) is 0 Å². The van der Waals surface area contributed by atoms with Crippen molar-refractivity contribution < 1.29 is 14.4 Å². The quantitative estimate of drug-likeness (QED) is 0.849. The van der Waals surface area contributed by atoms with Crippen LogP contribution in [0, 0.1) is 11.8 Å². The fourth-order valence-electron chi connectivity index (χ4n) is 2.36. The van der Waals surface area contributed by atoms with Gasteiger partial charge in [0.2, 0.25) is 0 Å². The van der Waals surface area contributed by atoms with E-state index in [2.05, 4.69) is 5.32 Å². The number of nitrogens with one attached hydrogen (secondary N) is 1. The third-order valence-electron chi connectivity index (χ3n) is 3.45. The van der Waals surface area contributed by atoms with Crippen molar-refractivity contribution in [3.8, 4) is 0 Å². The zero-order valence-corrected chi connectivity index (χ0v) is 13.5. The van der Waals surface area contributed by atoms with Gasteiger partial charge in [0.05, 0.1) is 11.1 Å². The topological polar surface area (TPSA) is 66.5 Å². The zero-order valence-electron chi connectivity index (χ0n) is 13.5. The van der Waals surface area contributed by atoms with E-state index in [9.17, 15) is 14.4 Å². The Balaban J connectivity index is 2.23. The maximum Gasteiger partial charge on any atom is 0.261 e. The van der Waals surface area contributed by atoms with Crippen LogP contribution in [0.1, 0.15) is 58.8 Å². The standard InChI is InChI=1S/C17H22N2O3/c1-10(2)8-18-15(20)12-5-6-13-14(7-12)17(22)19(16(13)21)9-11(3)4/h5-7,10-11H,8-9H2,1-4H3,(H,18,20). The molecular weight excluding hydrogens is 280 g/mol. The summed E-state index contributed by atoms with van der Waals surface area (Å²) in [6, 6.07) is 4.68. The van der Waals surface area contributed by atoms with Crippen LogP contribution in [-0.2, 0) is 0 Å². The van der Waals surface area contributed by atoms with Crippen molar-refractivity contribution in [3.05, 3.63) is 34.9 Å². The average Bonchev–Trinajstić information content (AvgIpc) is 2.69. The number of rotatable bonds is 5. The van der Waals surface area contributed by atoms with Crippen molar-refractivity contribution >= 4 is 17.7 Å². The molecule has 3 amide bonds. The lowest BCUT2D eigenvalue weighted by Crippen LogP contribution is -2.33. The molecule has 5 nitrogen and oxygen atoms in total. The van der Waals surface area contributed by atoms with Gasteiger partial charge in [-0.3, -0.25) is 19.3 Å². The minimum Gasteiger partial charge on any atom is -0.352 e. The SMILES string of the molecule is CC(C)CNC(=O)c1ccc2c(c1)C(=O)N(CC(C)C)C2=O. The van der Waals surface area contributed by atoms with E-state index in [4.69, 9.17) is 0 Å². The fraction of sp³-hybridized carbons (Fsp3) is 0.471. The van der Waals surface area contributed by atoms with E-state index in [1.807, 2.05) is 27.7 Å². The molecule has 0 fully saturated rings. The van der Waals surface area contributed by atoms with Gasteiger partial charge in [0.25, 0.3) is 17.7 Å². The Kier molecular flexibility index (Phi) is 4.64. The molecule has 0 unspecified atom stereocenters. The van der Waals surface area contributed by atoms with Crippen molar-refractivity contribution in [3.63, 3.8) is 0 Å². The van der Waals surface area contributed by atoms with E-state index in [1.54, 1.807) is 12.1 Å². The minimum atomic E-state index is -0.313. The summed E-state index contributed by atoms with van der Waals surface area (Å²) in [7, 11) is 0. The summed E-state index contributed by atoms with van der Waals surface area (Å²) in [5.41, 5.74) is 1.11. The van der Waals surface area contributed by atoms with Crippen LogP contribution in [0.5, 0.6) is 0 Å². The van der Waals surface area contributed by atoms with E-state index in [0.717, 1.165) is 0 Å². The summed E-state index contributed by atoms with van der Waals surface area (Å²) in [4.78, 5) is 37.9. The molecule has 1 aliphatic rings. The maximum absolute atomic E-state index is 12.4. The van der Waals surface area contributed by atoms with Gasteiger partial charge in [-0.2, -0.15) is 0 Å². The molecule has 0 aliphatic carbocycles. The zero-order chi connectivity index (χ0) is 16.4. The molecule has 0 bridgehead atoms. The molecule has 1 heterocycles. The van der Waals surface area contributed by atoms with Crippen LogP contribution in [0.4, 0.5) is 0 Å². The van der Waals surface area contributed by atoms with Gasteiger partial charge < -0.3 is 5.32 Å². The molecule has 1 aromatic carbocycles. The predicted octanol–water partition coefficient (Wildman–Crippen LogP) is 2.32. The summed E-state index contributed by atoms with van der Waals surface area (Å²) < 4.78 is 0.